The topological polar surface area (TPSA) is 45.1 Å². The smallest absolute Gasteiger partial charge is 0.126 e. The number of hydrogen-bond donors (Lipinski definition) is 2. The van der Waals surface area contributed by atoms with Crippen molar-refractivity contribution in [2.75, 3.05) is 11.9 Å². The summed E-state index contributed by atoms with van der Waals surface area (Å²) in [6.45, 7) is 1.96. The number of aliphatic hydroxyl groups is 1. The number of benzene rings is 1. The van der Waals surface area contributed by atoms with Crippen molar-refractivity contribution in [1.82, 2.24) is 4.98 Å². The van der Waals surface area contributed by atoms with Gasteiger partial charge < -0.3 is 10.4 Å². The molecule has 2 N–H and O–H groups in total. The van der Waals surface area contributed by atoms with E-state index in [9.17, 15) is 5.11 Å². The Kier molecular flexibility index (Phi) is 3.40. The Morgan fingerprint density at radius 2 is 1.82 bits per heavy atom. The van der Waals surface area contributed by atoms with Crippen LogP contribution in [0.15, 0.2) is 54.7 Å². The van der Waals surface area contributed by atoms with E-state index in [2.05, 4.69) is 10.3 Å². The summed E-state index contributed by atoms with van der Waals surface area (Å²) in [6.07, 6.45) is 1.73. The van der Waals surface area contributed by atoms with Crippen molar-refractivity contribution in [3.63, 3.8) is 0 Å². The molecule has 0 bridgehead atoms. The molecular weight excluding hydrogens is 212 g/mol. The Morgan fingerprint density at radius 1 is 1.12 bits per heavy atom. The van der Waals surface area contributed by atoms with Crippen LogP contribution in [-0.2, 0) is 5.54 Å². The van der Waals surface area contributed by atoms with Gasteiger partial charge in [-0.2, -0.15) is 0 Å². The number of nitrogens with zero attached hydrogens (tertiary/aromatic N) is 1. The maximum absolute atomic E-state index is 9.61. The van der Waals surface area contributed by atoms with E-state index < -0.39 is 5.54 Å². The molecule has 0 aliphatic heterocycles. The lowest BCUT2D eigenvalue weighted by Crippen LogP contribution is -2.36. The van der Waals surface area contributed by atoms with Gasteiger partial charge in [0.15, 0.2) is 0 Å². The van der Waals surface area contributed by atoms with Crippen molar-refractivity contribution in [1.29, 1.82) is 0 Å². The highest BCUT2D eigenvalue weighted by atomic mass is 16.3. The van der Waals surface area contributed by atoms with Crippen LogP contribution in [0, 0.1) is 0 Å². The molecular formula is C14H16N2O. The fourth-order valence-electron chi connectivity index (χ4n) is 1.73. The van der Waals surface area contributed by atoms with Crippen LogP contribution >= 0.6 is 0 Å². The third-order valence-electron chi connectivity index (χ3n) is 2.80. The molecule has 1 aromatic carbocycles. The Labute approximate surface area is 101 Å². The second-order valence-corrected chi connectivity index (χ2v) is 4.20. The van der Waals surface area contributed by atoms with E-state index in [0.717, 1.165) is 11.4 Å². The summed E-state index contributed by atoms with van der Waals surface area (Å²) >= 11 is 0. The van der Waals surface area contributed by atoms with Gasteiger partial charge in [-0.05, 0) is 24.6 Å². The number of aliphatic hydroxyl groups excluding tert-OH is 1. The van der Waals surface area contributed by atoms with Gasteiger partial charge in [0.25, 0.3) is 0 Å². The van der Waals surface area contributed by atoms with E-state index >= 15 is 0 Å². The van der Waals surface area contributed by atoms with Crippen LogP contribution < -0.4 is 5.32 Å². The van der Waals surface area contributed by atoms with E-state index in [1.54, 1.807) is 6.20 Å². The Balaban J connectivity index is 2.27. The summed E-state index contributed by atoms with van der Waals surface area (Å²) in [4.78, 5) is 4.21. The molecule has 2 rings (SSSR count). The molecule has 1 atom stereocenters. The van der Waals surface area contributed by atoms with Crippen molar-refractivity contribution in [3.8, 4) is 0 Å². The maximum atomic E-state index is 9.61. The standard InChI is InChI=1S/C14H16N2O/c1-14(11-17,12-7-3-2-4-8-12)16-13-9-5-6-10-15-13/h2-10,17H,11H2,1H3,(H,15,16). The normalized spacial score (nSPS) is 14.0. The third kappa shape index (κ3) is 2.63. The Morgan fingerprint density at radius 3 is 2.41 bits per heavy atom. The number of aromatic nitrogens is 1. The van der Waals surface area contributed by atoms with Crippen molar-refractivity contribution >= 4 is 5.82 Å². The molecule has 0 saturated carbocycles. The summed E-state index contributed by atoms with van der Waals surface area (Å²) in [5, 5.41) is 12.9. The van der Waals surface area contributed by atoms with E-state index in [1.165, 1.54) is 0 Å². The molecule has 3 heteroatoms. The van der Waals surface area contributed by atoms with Crippen LogP contribution in [0.2, 0.25) is 0 Å². The fraction of sp³-hybridized carbons (Fsp3) is 0.214. The summed E-state index contributed by atoms with van der Waals surface area (Å²) in [7, 11) is 0. The largest absolute Gasteiger partial charge is 0.394 e. The molecule has 3 nitrogen and oxygen atoms in total. The maximum Gasteiger partial charge on any atom is 0.126 e. The molecule has 17 heavy (non-hydrogen) atoms. The molecule has 0 spiro atoms. The second-order valence-electron chi connectivity index (χ2n) is 4.20. The van der Waals surface area contributed by atoms with Crippen LogP contribution in [0.1, 0.15) is 12.5 Å². The monoisotopic (exact) mass is 228 g/mol. The highest BCUT2D eigenvalue weighted by Gasteiger charge is 2.25. The molecule has 1 unspecified atom stereocenters. The predicted octanol–water partition coefficient (Wildman–Crippen LogP) is 2.40. The van der Waals surface area contributed by atoms with E-state index in [4.69, 9.17) is 0 Å². The Bertz CT molecular complexity index is 458. The number of anilines is 1. The third-order valence-corrected chi connectivity index (χ3v) is 2.80. The lowest BCUT2D eigenvalue weighted by molar-refractivity contribution is 0.223. The van der Waals surface area contributed by atoms with Gasteiger partial charge >= 0.3 is 0 Å². The number of pyridine rings is 1. The average Bonchev–Trinajstić information content (AvgIpc) is 2.41. The minimum absolute atomic E-state index is 0.00753. The van der Waals surface area contributed by atoms with Gasteiger partial charge in [0, 0.05) is 6.20 Å². The zero-order chi connectivity index (χ0) is 12.1. The van der Waals surface area contributed by atoms with Gasteiger partial charge in [0.2, 0.25) is 0 Å². The molecule has 0 radical (unpaired) electrons. The molecule has 1 aromatic heterocycles. The number of rotatable bonds is 4. The first-order chi connectivity index (χ1) is 8.24. The molecule has 2 aromatic rings. The van der Waals surface area contributed by atoms with Crippen LogP contribution in [-0.4, -0.2) is 16.7 Å². The minimum atomic E-state index is -0.518. The van der Waals surface area contributed by atoms with E-state index in [-0.39, 0.29) is 6.61 Å². The highest BCUT2D eigenvalue weighted by molar-refractivity contribution is 5.41. The minimum Gasteiger partial charge on any atom is -0.394 e. The van der Waals surface area contributed by atoms with Crippen molar-refractivity contribution < 1.29 is 5.11 Å². The number of hydrogen-bond acceptors (Lipinski definition) is 3. The van der Waals surface area contributed by atoms with Gasteiger partial charge in [-0.1, -0.05) is 36.4 Å². The van der Waals surface area contributed by atoms with Crippen LogP contribution in [0.5, 0.6) is 0 Å². The molecule has 0 amide bonds. The van der Waals surface area contributed by atoms with Gasteiger partial charge in [-0.15, -0.1) is 0 Å². The lowest BCUT2D eigenvalue weighted by atomic mass is 9.93. The van der Waals surface area contributed by atoms with Crippen molar-refractivity contribution in [2.24, 2.45) is 0 Å². The highest BCUT2D eigenvalue weighted by Crippen LogP contribution is 2.24. The van der Waals surface area contributed by atoms with Gasteiger partial charge in [0.1, 0.15) is 5.82 Å². The van der Waals surface area contributed by atoms with Crippen molar-refractivity contribution in [2.45, 2.75) is 12.5 Å². The first kappa shape index (κ1) is 11.6. The summed E-state index contributed by atoms with van der Waals surface area (Å²) in [5.41, 5.74) is 0.517. The SMILES string of the molecule is CC(CO)(Nc1ccccn1)c1ccccc1. The lowest BCUT2D eigenvalue weighted by Gasteiger charge is -2.29. The first-order valence-electron chi connectivity index (χ1n) is 5.60. The van der Waals surface area contributed by atoms with Crippen LogP contribution in [0.25, 0.3) is 0 Å². The van der Waals surface area contributed by atoms with Gasteiger partial charge in [-0.3, -0.25) is 0 Å². The van der Waals surface area contributed by atoms with Gasteiger partial charge in [0.05, 0.1) is 12.1 Å². The number of nitrogens with one attached hydrogen (secondary N) is 1. The molecule has 0 aliphatic rings. The summed E-state index contributed by atoms with van der Waals surface area (Å²) in [5.74, 6) is 0.757. The molecule has 0 saturated heterocycles. The summed E-state index contributed by atoms with van der Waals surface area (Å²) in [6, 6.07) is 15.5. The Hall–Kier alpha value is -1.87. The summed E-state index contributed by atoms with van der Waals surface area (Å²) < 4.78 is 0. The van der Waals surface area contributed by atoms with Crippen LogP contribution in [0.4, 0.5) is 5.82 Å². The first-order valence-corrected chi connectivity index (χ1v) is 5.60. The average molecular weight is 228 g/mol. The van der Waals surface area contributed by atoms with E-state index in [0.29, 0.717) is 0 Å². The second kappa shape index (κ2) is 4.97. The predicted molar refractivity (Wildman–Crippen MR) is 68.7 cm³/mol. The van der Waals surface area contributed by atoms with Crippen molar-refractivity contribution in [3.05, 3.63) is 60.3 Å². The molecule has 88 valence electrons. The molecule has 0 aliphatic carbocycles. The zero-order valence-corrected chi connectivity index (χ0v) is 9.80. The quantitative estimate of drug-likeness (QED) is 0.844. The van der Waals surface area contributed by atoms with Crippen LogP contribution in [0.3, 0.4) is 0 Å². The zero-order valence-electron chi connectivity index (χ0n) is 9.80. The molecule has 0 fully saturated rings. The van der Waals surface area contributed by atoms with E-state index in [1.807, 2.05) is 55.5 Å². The fourth-order valence-corrected chi connectivity index (χ4v) is 1.73. The van der Waals surface area contributed by atoms with Gasteiger partial charge in [-0.25, -0.2) is 4.98 Å². The molecule has 1 heterocycles.